The zero-order valence-electron chi connectivity index (χ0n) is 12.2. The number of rotatable bonds is 5. The Balaban J connectivity index is 2.43. The summed E-state index contributed by atoms with van der Waals surface area (Å²) in [6.45, 7) is 7.31. The second-order valence-corrected chi connectivity index (χ2v) is 5.81. The summed E-state index contributed by atoms with van der Waals surface area (Å²) in [5.41, 5.74) is 0.790. The maximum Gasteiger partial charge on any atom is 0.223 e. The molecule has 0 bridgehead atoms. The van der Waals surface area contributed by atoms with Crippen LogP contribution in [0.3, 0.4) is 0 Å². The third-order valence-electron chi connectivity index (χ3n) is 2.82. The topological polar surface area (TPSA) is 52.6 Å². The predicted molar refractivity (Wildman–Crippen MR) is 77.0 cm³/mol. The lowest BCUT2D eigenvalue weighted by molar-refractivity contribution is -0.130. The van der Waals surface area contributed by atoms with Crippen LogP contribution in [0.15, 0.2) is 24.3 Å². The van der Waals surface area contributed by atoms with Gasteiger partial charge < -0.3 is 15.3 Å². The normalized spacial score (nSPS) is 11.4. The van der Waals surface area contributed by atoms with Crippen LogP contribution >= 0.6 is 0 Å². The van der Waals surface area contributed by atoms with Crippen molar-refractivity contribution in [2.45, 2.75) is 39.3 Å². The van der Waals surface area contributed by atoms with Crippen LogP contribution in [-0.4, -0.2) is 35.0 Å². The molecule has 0 fully saturated rings. The molecular formula is C15H24N2O2. The highest BCUT2D eigenvalue weighted by Gasteiger charge is 2.13. The molecule has 0 unspecified atom stereocenters. The predicted octanol–water partition coefficient (Wildman–Crippen LogP) is 2.13. The molecule has 4 heteroatoms. The van der Waals surface area contributed by atoms with Crippen molar-refractivity contribution in [2.24, 2.45) is 0 Å². The van der Waals surface area contributed by atoms with Crippen molar-refractivity contribution in [3.63, 3.8) is 0 Å². The molecule has 0 heterocycles. The fraction of sp³-hybridized carbons (Fsp3) is 0.533. The van der Waals surface area contributed by atoms with Gasteiger partial charge >= 0.3 is 0 Å². The molecule has 0 atom stereocenters. The molecule has 0 radical (unpaired) electrons. The molecule has 0 aromatic heterocycles. The molecule has 1 amide bonds. The standard InChI is InChI=1S/C15H24N2O2/c1-15(2,3)16-10-9-14(19)17(4)11-12-7-5-6-8-13(12)18/h5-8,16,18H,9-11H2,1-4H3. The average molecular weight is 264 g/mol. The number of carbonyl (C=O) groups is 1. The molecule has 1 aromatic rings. The van der Waals surface area contributed by atoms with E-state index in [-0.39, 0.29) is 17.2 Å². The van der Waals surface area contributed by atoms with Gasteiger partial charge in [-0.3, -0.25) is 4.79 Å². The Labute approximate surface area is 115 Å². The van der Waals surface area contributed by atoms with Gasteiger partial charge in [-0.05, 0) is 26.8 Å². The maximum atomic E-state index is 11.9. The summed E-state index contributed by atoms with van der Waals surface area (Å²) in [6.07, 6.45) is 0.460. The lowest BCUT2D eigenvalue weighted by Crippen LogP contribution is -2.38. The Morgan fingerprint density at radius 2 is 1.95 bits per heavy atom. The number of hydrogen-bond acceptors (Lipinski definition) is 3. The van der Waals surface area contributed by atoms with Gasteiger partial charge in [0.05, 0.1) is 0 Å². The van der Waals surface area contributed by atoms with E-state index in [0.29, 0.717) is 19.5 Å². The summed E-state index contributed by atoms with van der Waals surface area (Å²) in [6, 6.07) is 7.09. The monoisotopic (exact) mass is 264 g/mol. The number of aromatic hydroxyl groups is 1. The molecule has 0 aliphatic rings. The summed E-state index contributed by atoms with van der Waals surface area (Å²) in [7, 11) is 1.76. The van der Waals surface area contributed by atoms with Gasteiger partial charge in [0.1, 0.15) is 5.75 Å². The maximum absolute atomic E-state index is 11.9. The minimum Gasteiger partial charge on any atom is -0.508 e. The summed E-state index contributed by atoms with van der Waals surface area (Å²) in [5, 5.41) is 13.0. The highest BCUT2D eigenvalue weighted by Crippen LogP contribution is 2.17. The van der Waals surface area contributed by atoms with E-state index in [1.165, 1.54) is 0 Å². The van der Waals surface area contributed by atoms with Crippen LogP contribution < -0.4 is 5.32 Å². The van der Waals surface area contributed by atoms with Gasteiger partial charge in [-0.25, -0.2) is 0 Å². The number of para-hydroxylation sites is 1. The van der Waals surface area contributed by atoms with E-state index in [0.717, 1.165) is 5.56 Å². The number of hydrogen-bond donors (Lipinski definition) is 2. The fourth-order valence-electron chi connectivity index (χ4n) is 1.72. The van der Waals surface area contributed by atoms with Crippen molar-refractivity contribution in [2.75, 3.05) is 13.6 Å². The smallest absolute Gasteiger partial charge is 0.223 e. The van der Waals surface area contributed by atoms with Crippen LogP contribution in [0.25, 0.3) is 0 Å². The quantitative estimate of drug-likeness (QED) is 0.856. The number of phenols is 1. The number of carbonyl (C=O) groups excluding carboxylic acids is 1. The molecule has 2 N–H and O–H groups in total. The summed E-state index contributed by atoms with van der Waals surface area (Å²) in [5.74, 6) is 0.301. The van der Waals surface area contributed by atoms with E-state index in [1.54, 1.807) is 24.1 Å². The van der Waals surface area contributed by atoms with Crippen LogP contribution in [0.1, 0.15) is 32.8 Å². The summed E-state index contributed by atoms with van der Waals surface area (Å²) < 4.78 is 0. The lowest BCUT2D eigenvalue weighted by atomic mass is 10.1. The summed E-state index contributed by atoms with van der Waals surface area (Å²) >= 11 is 0. The van der Waals surface area contributed by atoms with E-state index in [4.69, 9.17) is 0 Å². The second kappa shape index (κ2) is 6.57. The van der Waals surface area contributed by atoms with Crippen molar-refractivity contribution in [3.05, 3.63) is 29.8 Å². The first kappa shape index (κ1) is 15.5. The molecule has 1 aromatic carbocycles. The molecule has 0 saturated heterocycles. The first-order valence-electron chi connectivity index (χ1n) is 6.55. The third kappa shape index (κ3) is 5.75. The highest BCUT2D eigenvalue weighted by atomic mass is 16.3. The Morgan fingerprint density at radius 3 is 2.53 bits per heavy atom. The SMILES string of the molecule is CN(Cc1ccccc1O)C(=O)CCNC(C)(C)C. The second-order valence-electron chi connectivity index (χ2n) is 5.81. The summed E-state index contributed by atoms with van der Waals surface area (Å²) in [4.78, 5) is 13.6. The zero-order valence-corrected chi connectivity index (χ0v) is 12.2. The lowest BCUT2D eigenvalue weighted by Gasteiger charge is -2.22. The van der Waals surface area contributed by atoms with Crippen LogP contribution in [0.4, 0.5) is 0 Å². The van der Waals surface area contributed by atoms with E-state index < -0.39 is 0 Å². The average Bonchev–Trinajstić information content (AvgIpc) is 2.30. The number of benzene rings is 1. The molecule has 106 valence electrons. The zero-order chi connectivity index (χ0) is 14.5. The highest BCUT2D eigenvalue weighted by molar-refractivity contribution is 5.76. The molecule has 19 heavy (non-hydrogen) atoms. The Kier molecular flexibility index (Phi) is 5.36. The van der Waals surface area contributed by atoms with Crippen molar-refractivity contribution < 1.29 is 9.90 Å². The van der Waals surface area contributed by atoms with Crippen LogP contribution in [0, 0.1) is 0 Å². The molecule has 0 saturated carbocycles. The van der Waals surface area contributed by atoms with E-state index in [1.807, 2.05) is 12.1 Å². The van der Waals surface area contributed by atoms with Crippen molar-refractivity contribution in [3.8, 4) is 5.75 Å². The minimum atomic E-state index is 0.0244. The fourth-order valence-corrected chi connectivity index (χ4v) is 1.72. The van der Waals surface area contributed by atoms with Gasteiger partial charge in [0.2, 0.25) is 5.91 Å². The minimum absolute atomic E-state index is 0.0244. The number of amides is 1. The Morgan fingerprint density at radius 1 is 1.32 bits per heavy atom. The molecule has 0 spiro atoms. The number of nitrogens with one attached hydrogen (secondary N) is 1. The first-order valence-corrected chi connectivity index (χ1v) is 6.55. The molecular weight excluding hydrogens is 240 g/mol. The van der Waals surface area contributed by atoms with Crippen LogP contribution in [0.2, 0.25) is 0 Å². The first-order chi connectivity index (χ1) is 8.79. The molecule has 1 rings (SSSR count). The molecule has 4 nitrogen and oxygen atoms in total. The van der Waals surface area contributed by atoms with Gasteiger partial charge in [-0.2, -0.15) is 0 Å². The Bertz CT molecular complexity index is 424. The van der Waals surface area contributed by atoms with Crippen molar-refractivity contribution >= 4 is 5.91 Å². The third-order valence-corrected chi connectivity index (χ3v) is 2.82. The van der Waals surface area contributed by atoms with Gasteiger partial charge in [-0.1, -0.05) is 18.2 Å². The van der Waals surface area contributed by atoms with E-state index in [2.05, 4.69) is 26.1 Å². The van der Waals surface area contributed by atoms with Gasteiger partial charge in [0, 0.05) is 37.7 Å². The number of phenolic OH excluding ortho intramolecular Hbond substituents is 1. The van der Waals surface area contributed by atoms with Crippen LogP contribution in [0.5, 0.6) is 5.75 Å². The van der Waals surface area contributed by atoms with Gasteiger partial charge in [0.25, 0.3) is 0 Å². The van der Waals surface area contributed by atoms with Gasteiger partial charge in [0.15, 0.2) is 0 Å². The van der Waals surface area contributed by atoms with Gasteiger partial charge in [-0.15, -0.1) is 0 Å². The number of nitrogens with zero attached hydrogens (tertiary/aromatic N) is 1. The molecule has 0 aliphatic heterocycles. The largest absolute Gasteiger partial charge is 0.508 e. The van der Waals surface area contributed by atoms with Crippen molar-refractivity contribution in [1.29, 1.82) is 0 Å². The van der Waals surface area contributed by atoms with Crippen LogP contribution in [-0.2, 0) is 11.3 Å². The molecule has 0 aliphatic carbocycles. The van der Waals surface area contributed by atoms with E-state index in [9.17, 15) is 9.90 Å². The van der Waals surface area contributed by atoms with E-state index >= 15 is 0 Å². The van der Waals surface area contributed by atoms with Crippen molar-refractivity contribution in [1.82, 2.24) is 10.2 Å². The Hall–Kier alpha value is -1.55.